The second kappa shape index (κ2) is 6.23. The van der Waals surface area contributed by atoms with E-state index in [4.69, 9.17) is 5.26 Å². The Morgan fingerprint density at radius 3 is 2.60 bits per heavy atom. The molecule has 0 aliphatic rings. The summed E-state index contributed by atoms with van der Waals surface area (Å²) < 4.78 is 0. The van der Waals surface area contributed by atoms with Crippen molar-refractivity contribution in [2.45, 2.75) is 24.6 Å². The number of hydrogen-bond donors (Lipinski definition) is 0. The van der Waals surface area contributed by atoms with Gasteiger partial charge in [-0.2, -0.15) is 10.5 Å². The molecule has 0 bridgehead atoms. The van der Waals surface area contributed by atoms with Crippen molar-refractivity contribution in [3.05, 3.63) is 58.3 Å². The molecule has 0 atom stereocenters. The van der Waals surface area contributed by atoms with Gasteiger partial charge in [0.1, 0.15) is 11.1 Å². The summed E-state index contributed by atoms with van der Waals surface area (Å²) in [6.07, 6.45) is 0. The number of thioether (sulfide) groups is 1. The van der Waals surface area contributed by atoms with Gasteiger partial charge < -0.3 is 0 Å². The predicted octanol–water partition coefficient (Wildman–Crippen LogP) is 3.73. The maximum atomic E-state index is 9.23. The normalized spacial score (nSPS) is 9.80. The van der Waals surface area contributed by atoms with Crippen molar-refractivity contribution < 1.29 is 0 Å². The van der Waals surface area contributed by atoms with Gasteiger partial charge in [0.25, 0.3) is 0 Å². The van der Waals surface area contributed by atoms with E-state index in [1.54, 1.807) is 6.07 Å². The van der Waals surface area contributed by atoms with Crippen molar-refractivity contribution >= 4 is 11.8 Å². The van der Waals surface area contributed by atoms with Crippen LogP contribution in [0.3, 0.4) is 0 Å². The summed E-state index contributed by atoms with van der Waals surface area (Å²) in [4.78, 5) is 4.43. The molecule has 0 unspecified atom stereocenters. The quantitative estimate of drug-likeness (QED) is 0.803. The maximum absolute atomic E-state index is 9.23. The topological polar surface area (TPSA) is 60.5 Å². The number of pyridine rings is 1. The molecule has 0 radical (unpaired) electrons. The highest BCUT2D eigenvalue weighted by molar-refractivity contribution is 7.98. The molecule has 0 spiro atoms. The molecule has 1 heterocycles. The van der Waals surface area contributed by atoms with E-state index < -0.39 is 0 Å². The first-order valence-electron chi connectivity index (χ1n) is 6.15. The van der Waals surface area contributed by atoms with Crippen LogP contribution in [0, 0.1) is 36.5 Å². The van der Waals surface area contributed by atoms with Crippen LogP contribution >= 0.6 is 11.8 Å². The Morgan fingerprint density at radius 2 is 1.90 bits per heavy atom. The van der Waals surface area contributed by atoms with Gasteiger partial charge in [-0.1, -0.05) is 18.2 Å². The molecule has 4 heteroatoms. The van der Waals surface area contributed by atoms with E-state index in [0.717, 1.165) is 21.8 Å². The zero-order chi connectivity index (χ0) is 14.5. The molecular formula is C16H13N3S. The summed E-state index contributed by atoms with van der Waals surface area (Å²) in [7, 11) is 0. The van der Waals surface area contributed by atoms with Crippen LogP contribution in [0.25, 0.3) is 0 Å². The molecule has 98 valence electrons. The van der Waals surface area contributed by atoms with Gasteiger partial charge in [-0.25, -0.2) is 4.98 Å². The molecule has 0 amide bonds. The fourth-order valence-corrected chi connectivity index (χ4v) is 3.05. The largest absolute Gasteiger partial charge is 0.245 e. The van der Waals surface area contributed by atoms with Crippen LogP contribution in [-0.4, -0.2) is 4.98 Å². The van der Waals surface area contributed by atoms with E-state index in [1.807, 2.05) is 38.1 Å². The zero-order valence-corrected chi connectivity index (χ0v) is 12.2. The molecule has 0 fully saturated rings. The Kier molecular flexibility index (Phi) is 4.40. The van der Waals surface area contributed by atoms with Crippen LogP contribution in [0.2, 0.25) is 0 Å². The van der Waals surface area contributed by atoms with Gasteiger partial charge in [0.2, 0.25) is 0 Å². The Bertz CT molecular complexity index is 723. The summed E-state index contributed by atoms with van der Waals surface area (Å²) in [5.41, 5.74) is 4.09. The lowest BCUT2D eigenvalue weighted by Crippen LogP contribution is -1.95. The lowest BCUT2D eigenvalue weighted by Gasteiger charge is -2.08. The van der Waals surface area contributed by atoms with E-state index in [-0.39, 0.29) is 0 Å². The minimum absolute atomic E-state index is 0.620. The Balaban J connectivity index is 2.28. The van der Waals surface area contributed by atoms with Crippen molar-refractivity contribution in [2.24, 2.45) is 0 Å². The molecule has 1 aromatic carbocycles. The summed E-state index contributed by atoms with van der Waals surface area (Å²) in [6.45, 7) is 3.84. The highest BCUT2D eigenvalue weighted by Crippen LogP contribution is 2.27. The highest BCUT2D eigenvalue weighted by Gasteiger charge is 2.10. The van der Waals surface area contributed by atoms with Crippen molar-refractivity contribution in [1.29, 1.82) is 10.5 Å². The molecule has 20 heavy (non-hydrogen) atoms. The van der Waals surface area contributed by atoms with Gasteiger partial charge >= 0.3 is 0 Å². The van der Waals surface area contributed by atoms with Crippen LogP contribution in [0.4, 0.5) is 0 Å². The van der Waals surface area contributed by atoms with E-state index in [9.17, 15) is 5.26 Å². The smallest absolute Gasteiger partial charge is 0.115 e. The molecule has 1 aromatic heterocycles. The van der Waals surface area contributed by atoms with Crippen molar-refractivity contribution in [1.82, 2.24) is 4.98 Å². The first-order valence-corrected chi connectivity index (χ1v) is 7.13. The number of aryl methyl sites for hydroxylation is 2. The number of nitriles is 2. The summed E-state index contributed by atoms with van der Waals surface area (Å²) in [5.74, 6) is 0.633. The standard InChI is InChI=1S/C16H13N3S/c1-11-7-12(2)19-16(15(11)9-18)20-10-14-6-4-3-5-13(14)8-17/h3-7H,10H2,1-2H3. The number of aromatic nitrogens is 1. The average molecular weight is 279 g/mol. The monoisotopic (exact) mass is 279 g/mol. The predicted molar refractivity (Wildman–Crippen MR) is 79.1 cm³/mol. The molecule has 0 aliphatic carbocycles. The van der Waals surface area contributed by atoms with Crippen LogP contribution in [0.5, 0.6) is 0 Å². The van der Waals surface area contributed by atoms with Gasteiger partial charge in [-0.15, -0.1) is 11.8 Å². The molecule has 2 aromatic rings. The number of nitrogens with zero attached hydrogens (tertiary/aromatic N) is 3. The SMILES string of the molecule is Cc1cc(C)c(C#N)c(SCc2ccccc2C#N)n1. The molecule has 0 saturated heterocycles. The van der Waals surface area contributed by atoms with E-state index >= 15 is 0 Å². The zero-order valence-electron chi connectivity index (χ0n) is 11.3. The number of hydrogen-bond acceptors (Lipinski definition) is 4. The van der Waals surface area contributed by atoms with E-state index in [2.05, 4.69) is 17.1 Å². The van der Waals surface area contributed by atoms with Crippen molar-refractivity contribution in [3.8, 4) is 12.1 Å². The molecule has 2 rings (SSSR count). The Hall–Kier alpha value is -2.30. The van der Waals surface area contributed by atoms with Gasteiger partial charge in [0.15, 0.2) is 0 Å². The lowest BCUT2D eigenvalue weighted by molar-refractivity contribution is 1.03. The second-order valence-corrected chi connectivity index (χ2v) is 5.39. The van der Waals surface area contributed by atoms with Crippen LogP contribution in [-0.2, 0) is 5.75 Å². The Labute approximate surface area is 122 Å². The number of rotatable bonds is 3. The van der Waals surface area contributed by atoms with Gasteiger partial charge in [0, 0.05) is 11.4 Å². The minimum atomic E-state index is 0.620. The first-order chi connectivity index (χ1) is 9.65. The van der Waals surface area contributed by atoms with Crippen LogP contribution < -0.4 is 0 Å². The lowest BCUT2D eigenvalue weighted by atomic mass is 10.1. The third-order valence-electron chi connectivity index (χ3n) is 2.93. The highest BCUT2D eigenvalue weighted by atomic mass is 32.2. The third kappa shape index (κ3) is 2.99. The third-order valence-corrected chi connectivity index (χ3v) is 3.95. The fourth-order valence-electron chi connectivity index (χ4n) is 1.94. The van der Waals surface area contributed by atoms with Crippen LogP contribution in [0.1, 0.15) is 27.9 Å². The van der Waals surface area contributed by atoms with Crippen LogP contribution in [0.15, 0.2) is 35.4 Å². The second-order valence-electron chi connectivity index (χ2n) is 4.43. The van der Waals surface area contributed by atoms with Gasteiger partial charge in [-0.3, -0.25) is 0 Å². The molecule has 0 N–H and O–H groups in total. The minimum Gasteiger partial charge on any atom is -0.245 e. The molecule has 0 saturated carbocycles. The maximum Gasteiger partial charge on any atom is 0.115 e. The van der Waals surface area contributed by atoms with Gasteiger partial charge in [-0.05, 0) is 37.1 Å². The summed E-state index contributed by atoms with van der Waals surface area (Å²) in [6, 6.07) is 13.8. The van der Waals surface area contributed by atoms with E-state index in [0.29, 0.717) is 16.9 Å². The fraction of sp³-hybridized carbons (Fsp3) is 0.188. The van der Waals surface area contributed by atoms with E-state index in [1.165, 1.54) is 11.8 Å². The molecular weight excluding hydrogens is 266 g/mol. The van der Waals surface area contributed by atoms with Crippen molar-refractivity contribution in [3.63, 3.8) is 0 Å². The van der Waals surface area contributed by atoms with Crippen molar-refractivity contribution in [2.75, 3.05) is 0 Å². The summed E-state index contributed by atoms with van der Waals surface area (Å²) in [5, 5.41) is 19.0. The first kappa shape index (κ1) is 14.1. The molecule has 0 aliphatic heterocycles. The average Bonchev–Trinajstić information content (AvgIpc) is 2.45. The van der Waals surface area contributed by atoms with Gasteiger partial charge in [0.05, 0.1) is 17.2 Å². The molecule has 3 nitrogen and oxygen atoms in total. The summed E-state index contributed by atoms with van der Waals surface area (Å²) >= 11 is 1.50. The Morgan fingerprint density at radius 1 is 1.15 bits per heavy atom. The number of benzene rings is 1.